The fraction of sp³-hybridized carbons (Fsp3) is 0.0667. The zero-order valence-corrected chi connectivity index (χ0v) is 11.6. The van der Waals surface area contributed by atoms with Crippen molar-refractivity contribution in [2.45, 2.75) is 6.54 Å². The predicted octanol–water partition coefficient (Wildman–Crippen LogP) is 3.40. The highest BCUT2D eigenvalue weighted by Crippen LogP contribution is 2.36. The maximum absolute atomic E-state index is 5.97. The van der Waals surface area contributed by atoms with E-state index in [0.717, 1.165) is 22.7 Å². The van der Waals surface area contributed by atoms with E-state index in [4.69, 9.17) is 5.73 Å². The largest absolute Gasteiger partial charge is 0.382 e. The van der Waals surface area contributed by atoms with Crippen molar-refractivity contribution in [1.29, 1.82) is 0 Å². The fourth-order valence-corrected chi connectivity index (χ4v) is 2.72. The molecule has 0 amide bonds. The summed E-state index contributed by atoms with van der Waals surface area (Å²) in [4.78, 5) is 4.13. The number of hydrogen-bond donors (Lipinski definition) is 2. The lowest BCUT2D eigenvalue weighted by Gasteiger charge is -2.07. The van der Waals surface area contributed by atoms with Crippen molar-refractivity contribution in [2.75, 3.05) is 11.1 Å². The Morgan fingerprint density at radius 1 is 1.10 bits per heavy atom. The Hall–Kier alpha value is -2.40. The van der Waals surface area contributed by atoms with E-state index in [1.54, 1.807) is 12.4 Å². The highest BCUT2D eigenvalue weighted by molar-refractivity contribution is 7.11. The van der Waals surface area contributed by atoms with E-state index in [9.17, 15) is 0 Å². The number of nitrogen functional groups attached to an aromatic ring is 1. The van der Waals surface area contributed by atoms with Gasteiger partial charge < -0.3 is 11.1 Å². The normalized spacial score (nSPS) is 10.4. The van der Waals surface area contributed by atoms with Gasteiger partial charge in [-0.15, -0.1) is 0 Å². The number of rotatable bonds is 4. The molecule has 0 aliphatic heterocycles. The standard InChI is InChI=1S/C15H14N4S/c16-14-13(12-7-4-8-17-10-12)15(20-19-14)18-9-11-5-2-1-3-6-11/h1-8,10,18H,9H2,(H2,16,19). The lowest BCUT2D eigenvalue weighted by atomic mass is 10.1. The Morgan fingerprint density at radius 3 is 2.70 bits per heavy atom. The van der Waals surface area contributed by atoms with Gasteiger partial charge in [0, 0.05) is 24.5 Å². The van der Waals surface area contributed by atoms with Gasteiger partial charge >= 0.3 is 0 Å². The molecule has 0 saturated heterocycles. The molecule has 2 heterocycles. The van der Waals surface area contributed by atoms with Gasteiger partial charge in [-0.05, 0) is 23.2 Å². The summed E-state index contributed by atoms with van der Waals surface area (Å²) in [6.45, 7) is 0.746. The summed E-state index contributed by atoms with van der Waals surface area (Å²) >= 11 is 1.38. The van der Waals surface area contributed by atoms with Crippen molar-refractivity contribution < 1.29 is 0 Å². The van der Waals surface area contributed by atoms with Crippen LogP contribution in [0.3, 0.4) is 0 Å². The molecule has 4 nitrogen and oxygen atoms in total. The van der Waals surface area contributed by atoms with E-state index in [-0.39, 0.29) is 0 Å². The Labute approximate surface area is 121 Å². The van der Waals surface area contributed by atoms with Crippen LogP contribution in [0.4, 0.5) is 10.8 Å². The third-order valence-corrected chi connectivity index (χ3v) is 3.78. The summed E-state index contributed by atoms with van der Waals surface area (Å²) in [5.74, 6) is 0.540. The number of pyridine rings is 1. The van der Waals surface area contributed by atoms with Gasteiger partial charge in [-0.2, -0.15) is 4.37 Å². The molecule has 0 aliphatic carbocycles. The van der Waals surface area contributed by atoms with E-state index in [1.807, 2.05) is 30.3 Å². The molecule has 0 bridgehead atoms. The summed E-state index contributed by atoms with van der Waals surface area (Å²) in [6.07, 6.45) is 3.55. The van der Waals surface area contributed by atoms with Crippen LogP contribution in [0.25, 0.3) is 11.1 Å². The smallest absolute Gasteiger partial charge is 0.147 e. The molecule has 3 rings (SSSR count). The molecule has 0 unspecified atom stereocenters. The van der Waals surface area contributed by atoms with Gasteiger partial charge in [0.1, 0.15) is 10.8 Å². The molecule has 20 heavy (non-hydrogen) atoms. The first-order chi connectivity index (χ1) is 9.84. The van der Waals surface area contributed by atoms with Gasteiger partial charge in [0.25, 0.3) is 0 Å². The monoisotopic (exact) mass is 282 g/mol. The summed E-state index contributed by atoms with van der Waals surface area (Å²) in [7, 11) is 0. The first-order valence-corrected chi connectivity index (χ1v) is 7.05. The van der Waals surface area contributed by atoms with Gasteiger partial charge in [0.15, 0.2) is 0 Å². The van der Waals surface area contributed by atoms with Crippen molar-refractivity contribution in [3.05, 3.63) is 60.4 Å². The number of nitrogens with zero attached hydrogens (tertiary/aromatic N) is 2. The lowest BCUT2D eigenvalue weighted by Crippen LogP contribution is -1.99. The van der Waals surface area contributed by atoms with E-state index < -0.39 is 0 Å². The SMILES string of the molecule is Nc1nsc(NCc2ccccc2)c1-c1cccnc1. The molecule has 3 aromatic rings. The predicted molar refractivity (Wildman–Crippen MR) is 83.5 cm³/mol. The first-order valence-electron chi connectivity index (χ1n) is 6.28. The molecule has 3 N–H and O–H groups in total. The van der Waals surface area contributed by atoms with Gasteiger partial charge in [0.2, 0.25) is 0 Å². The van der Waals surface area contributed by atoms with E-state index in [0.29, 0.717) is 5.82 Å². The van der Waals surface area contributed by atoms with Crippen LogP contribution < -0.4 is 11.1 Å². The van der Waals surface area contributed by atoms with Crippen LogP contribution in [-0.4, -0.2) is 9.36 Å². The molecule has 0 saturated carbocycles. The number of benzene rings is 1. The van der Waals surface area contributed by atoms with Crippen LogP contribution in [0.15, 0.2) is 54.9 Å². The molecule has 2 aromatic heterocycles. The summed E-state index contributed by atoms with van der Waals surface area (Å²) in [5.41, 5.74) is 9.10. The summed E-state index contributed by atoms with van der Waals surface area (Å²) in [5, 5.41) is 4.37. The van der Waals surface area contributed by atoms with Crippen LogP contribution in [-0.2, 0) is 6.54 Å². The fourth-order valence-electron chi connectivity index (χ4n) is 1.99. The minimum absolute atomic E-state index is 0.540. The Kier molecular flexibility index (Phi) is 3.60. The highest BCUT2D eigenvalue weighted by atomic mass is 32.1. The second-order valence-electron chi connectivity index (χ2n) is 4.35. The maximum Gasteiger partial charge on any atom is 0.147 e. The van der Waals surface area contributed by atoms with Crippen molar-refractivity contribution in [3.8, 4) is 11.1 Å². The average molecular weight is 282 g/mol. The van der Waals surface area contributed by atoms with Crippen molar-refractivity contribution >= 4 is 22.4 Å². The zero-order valence-electron chi connectivity index (χ0n) is 10.8. The van der Waals surface area contributed by atoms with Gasteiger partial charge in [-0.25, -0.2) is 0 Å². The molecule has 0 spiro atoms. The number of aromatic nitrogens is 2. The van der Waals surface area contributed by atoms with Crippen molar-refractivity contribution in [1.82, 2.24) is 9.36 Å². The van der Waals surface area contributed by atoms with Crippen LogP contribution >= 0.6 is 11.5 Å². The topological polar surface area (TPSA) is 63.8 Å². The van der Waals surface area contributed by atoms with Gasteiger partial charge in [0.05, 0.1) is 5.56 Å². The quantitative estimate of drug-likeness (QED) is 0.770. The Bertz CT molecular complexity index is 680. The maximum atomic E-state index is 5.97. The summed E-state index contributed by atoms with van der Waals surface area (Å²) < 4.78 is 4.23. The molecule has 0 radical (unpaired) electrons. The second kappa shape index (κ2) is 5.71. The Balaban J connectivity index is 1.85. The second-order valence-corrected chi connectivity index (χ2v) is 5.13. The van der Waals surface area contributed by atoms with Crippen LogP contribution in [0.5, 0.6) is 0 Å². The first kappa shape index (κ1) is 12.6. The minimum atomic E-state index is 0.540. The van der Waals surface area contributed by atoms with Crippen LogP contribution in [0.1, 0.15) is 5.56 Å². The van der Waals surface area contributed by atoms with E-state index >= 15 is 0 Å². The number of anilines is 2. The number of hydrogen-bond acceptors (Lipinski definition) is 5. The molecular formula is C15H14N4S. The van der Waals surface area contributed by atoms with Gasteiger partial charge in [-0.1, -0.05) is 36.4 Å². The average Bonchev–Trinajstić information content (AvgIpc) is 2.88. The Morgan fingerprint density at radius 2 is 1.95 bits per heavy atom. The third-order valence-electron chi connectivity index (χ3n) is 2.96. The zero-order chi connectivity index (χ0) is 13.8. The molecule has 100 valence electrons. The molecular weight excluding hydrogens is 268 g/mol. The number of nitrogens with one attached hydrogen (secondary N) is 1. The lowest BCUT2D eigenvalue weighted by molar-refractivity contribution is 1.16. The van der Waals surface area contributed by atoms with E-state index in [1.165, 1.54) is 17.1 Å². The molecule has 0 fully saturated rings. The van der Waals surface area contributed by atoms with Crippen molar-refractivity contribution in [2.24, 2.45) is 0 Å². The van der Waals surface area contributed by atoms with Crippen molar-refractivity contribution in [3.63, 3.8) is 0 Å². The third kappa shape index (κ3) is 2.62. The highest BCUT2D eigenvalue weighted by Gasteiger charge is 2.13. The van der Waals surface area contributed by atoms with E-state index in [2.05, 4.69) is 26.8 Å². The van der Waals surface area contributed by atoms with Gasteiger partial charge in [-0.3, -0.25) is 4.98 Å². The molecule has 0 aliphatic rings. The summed E-state index contributed by atoms with van der Waals surface area (Å²) in [6, 6.07) is 14.1. The van der Waals surface area contributed by atoms with Crippen LogP contribution in [0.2, 0.25) is 0 Å². The molecule has 0 atom stereocenters. The molecule has 5 heteroatoms. The molecule has 1 aromatic carbocycles. The number of nitrogens with two attached hydrogens (primary N) is 1. The van der Waals surface area contributed by atoms with Crippen LogP contribution in [0, 0.1) is 0 Å². The minimum Gasteiger partial charge on any atom is -0.382 e.